The Morgan fingerprint density at radius 3 is 2.33 bits per heavy atom. The first-order valence-corrected chi connectivity index (χ1v) is 8.27. The number of hydrogen-bond acceptors (Lipinski definition) is 3. The van der Waals surface area contributed by atoms with Crippen LogP contribution in [0, 0.1) is 0 Å². The van der Waals surface area contributed by atoms with Crippen LogP contribution in [-0.4, -0.2) is 31.3 Å². The van der Waals surface area contributed by atoms with Crippen molar-refractivity contribution in [3.8, 4) is 0 Å². The number of carboxylic acids is 1. The molecule has 0 aromatic heterocycles. The van der Waals surface area contributed by atoms with E-state index in [2.05, 4.69) is 4.72 Å². The number of carbonyl (C=O) groups is 1. The Kier molecular flexibility index (Phi) is 6.63. The number of sulfonamides is 1. The second-order valence-electron chi connectivity index (χ2n) is 4.90. The van der Waals surface area contributed by atoms with Crippen molar-refractivity contribution >= 4 is 16.0 Å². The smallest absolute Gasteiger partial charge is 0.303 e. The van der Waals surface area contributed by atoms with Crippen molar-refractivity contribution < 1.29 is 18.3 Å². The first-order chi connectivity index (χ1) is 8.52. The first-order valence-electron chi connectivity index (χ1n) is 6.72. The van der Waals surface area contributed by atoms with Gasteiger partial charge in [-0.1, -0.05) is 25.7 Å². The van der Waals surface area contributed by atoms with Crippen LogP contribution in [0.25, 0.3) is 0 Å². The van der Waals surface area contributed by atoms with E-state index in [1.54, 1.807) is 0 Å². The Morgan fingerprint density at radius 2 is 1.72 bits per heavy atom. The van der Waals surface area contributed by atoms with E-state index in [4.69, 9.17) is 5.11 Å². The SMILES string of the molecule is O=C(O)CCCCCCNS(=O)(=O)C1CCCC1. The van der Waals surface area contributed by atoms with Gasteiger partial charge in [-0.15, -0.1) is 0 Å². The third kappa shape index (κ3) is 5.82. The van der Waals surface area contributed by atoms with Gasteiger partial charge in [-0.2, -0.15) is 0 Å². The van der Waals surface area contributed by atoms with Crippen LogP contribution in [0.3, 0.4) is 0 Å². The number of hydrogen-bond donors (Lipinski definition) is 2. The summed E-state index contributed by atoms with van der Waals surface area (Å²) >= 11 is 0. The van der Waals surface area contributed by atoms with E-state index in [1.807, 2.05) is 0 Å². The molecule has 1 saturated carbocycles. The Hall–Kier alpha value is -0.620. The highest BCUT2D eigenvalue weighted by molar-refractivity contribution is 7.90. The molecule has 1 rings (SSSR count). The lowest BCUT2D eigenvalue weighted by Gasteiger charge is -2.11. The van der Waals surface area contributed by atoms with Crippen LogP contribution in [0.5, 0.6) is 0 Å². The van der Waals surface area contributed by atoms with Crippen LogP contribution in [0.2, 0.25) is 0 Å². The molecule has 18 heavy (non-hydrogen) atoms. The van der Waals surface area contributed by atoms with E-state index >= 15 is 0 Å². The highest BCUT2D eigenvalue weighted by atomic mass is 32.2. The van der Waals surface area contributed by atoms with Crippen LogP contribution < -0.4 is 4.72 Å². The molecule has 1 fully saturated rings. The van der Waals surface area contributed by atoms with Crippen molar-refractivity contribution in [3.05, 3.63) is 0 Å². The summed E-state index contributed by atoms with van der Waals surface area (Å²) in [4.78, 5) is 10.3. The summed E-state index contributed by atoms with van der Waals surface area (Å²) in [6, 6.07) is 0. The van der Waals surface area contributed by atoms with Gasteiger partial charge in [0, 0.05) is 13.0 Å². The van der Waals surface area contributed by atoms with Crippen molar-refractivity contribution in [1.29, 1.82) is 0 Å². The molecule has 0 aromatic carbocycles. The molecule has 1 aliphatic rings. The Balaban J connectivity index is 2.05. The van der Waals surface area contributed by atoms with E-state index in [1.165, 1.54) is 0 Å². The highest BCUT2D eigenvalue weighted by Gasteiger charge is 2.27. The standard InChI is InChI=1S/C12H23NO4S/c14-12(15)9-3-1-2-6-10-13-18(16,17)11-7-4-5-8-11/h11,13H,1-10H2,(H,14,15). The van der Waals surface area contributed by atoms with Crippen molar-refractivity contribution in [3.63, 3.8) is 0 Å². The maximum atomic E-state index is 11.8. The van der Waals surface area contributed by atoms with Crippen LogP contribution in [0.15, 0.2) is 0 Å². The van der Waals surface area contributed by atoms with E-state index in [-0.39, 0.29) is 11.7 Å². The van der Waals surface area contributed by atoms with Crippen molar-refractivity contribution in [2.24, 2.45) is 0 Å². The quantitative estimate of drug-likeness (QED) is 0.630. The Labute approximate surface area is 109 Å². The molecule has 106 valence electrons. The summed E-state index contributed by atoms with van der Waals surface area (Å²) in [6.07, 6.45) is 6.98. The van der Waals surface area contributed by atoms with Crippen molar-refractivity contribution in [1.82, 2.24) is 4.72 Å². The van der Waals surface area contributed by atoms with Crippen LogP contribution in [-0.2, 0) is 14.8 Å². The summed E-state index contributed by atoms with van der Waals surface area (Å²) in [6.45, 7) is 0.478. The molecule has 2 N–H and O–H groups in total. The Morgan fingerprint density at radius 1 is 1.11 bits per heavy atom. The average Bonchev–Trinajstić information content (AvgIpc) is 2.81. The van der Waals surface area contributed by atoms with Gasteiger partial charge in [0.1, 0.15) is 0 Å². The molecule has 0 atom stereocenters. The zero-order chi connectivity index (χ0) is 13.4. The fraction of sp³-hybridized carbons (Fsp3) is 0.917. The van der Waals surface area contributed by atoms with Crippen LogP contribution in [0.1, 0.15) is 57.8 Å². The fourth-order valence-corrected chi connectivity index (χ4v) is 3.90. The lowest BCUT2D eigenvalue weighted by Crippen LogP contribution is -2.33. The van der Waals surface area contributed by atoms with Gasteiger partial charge in [0.25, 0.3) is 0 Å². The zero-order valence-corrected chi connectivity index (χ0v) is 11.5. The third-order valence-electron chi connectivity index (χ3n) is 3.36. The summed E-state index contributed by atoms with van der Waals surface area (Å²) < 4.78 is 26.3. The highest BCUT2D eigenvalue weighted by Crippen LogP contribution is 2.23. The minimum absolute atomic E-state index is 0.190. The Bertz CT molecular complexity index is 347. The van der Waals surface area contributed by atoms with Gasteiger partial charge in [0.05, 0.1) is 5.25 Å². The molecule has 0 heterocycles. The van der Waals surface area contributed by atoms with Crippen LogP contribution >= 0.6 is 0 Å². The molecule has 0 radical (unpaired) electrons. The summed E-state index contributed by atoms with van der Waals surface area (Å²) in [5, 5.41) is 8.26. The molecule has 0 unspecified atom stereocenters. The second-order valence-corrected chi connectivity index (χ2v) is 6.95. The number of rotatable bonds is 9. The van der Waals surface area contributed by atoms with E-state index in [0.717, 1.165) is 44.9 Å². The normalized spacial score (nSPS) is 17.1. The fourth-order valence-electron chi connectivity index (χ4n) is 2.29. The predicted octanol–water partition coefficient (Wildman–Crippen LogP) is 1.88. The minimum atomic E-state index is -3.11. The molecule has 0 aliphatic heterocycles. The van der Waals surface area contributed by atoms with Gasteiger partial charge in [0.15, 0.2) is 0 Å². The number of nitrogens with one attached hydrogen (secondary N) is 1. The van der Waals surface area contributed by atoms with Crippen molar-refractivity contribution in [2.75, 3.05) is 6.54 Å². The molecule has 0 spiro atoms. The van der Waals surface area contributed by atoms with Crippen molar-refractivity contribution in [2.45, 2.75) is 63.0 Å². The van der Waals surface area contributed by atoms with E-state index in [0.29, 0.717) is 13.0 Å². The zero-order valence-electron chi connectivity index (χ0n) is 10.7. The van der Waals surface area contributed by atoms with Gasteiger partial charge in [-0.25, -0.2) is 13.1 Å². The lowest BCUT2D eigenvalue weighted by atomic mass is 10.1. The van der Waals surface area contributed by atoms with E-state index in [9.17, 15) is 13.2 Å². The molecule has 0 amide bonds. The van der Waals surface area contributed by atoms with Gasteiger partial charge in [-0.05, 0) is 25.7 Å². The predicted molar refractivity (Wildman–Crippen MR) is 69.9 cm³/mol. The van der Waals surface area contributed by atoms with Crippen LogP contribution in [0.4, 0.5) is 0 Å². The number of aliphatic carboxylic acids is 1. The molecule has 5 nitrogen and oxygen atoms in total. The molecule has 0 bridgehead atoms. The third-order valence-corrected chi connectivity index (χ3v) is 5.32. The topological polar surface area (TPSA) is 83.5 Å². The van der Waals surface area contributed by atoms with Gasteiger partial charge < -0.3 is 5.11 Å². The maximum Gasteiger partial charge on any atom is 0.303 e. The summed E-state index contributed by atoms with van der Waals surface area (Å²) in [5.41, 5.74) is 0. The molecular weight excluding hydrogens is 254 g/mol. The lowest BCUT2D eigenvalue weighted by molar-refractivity contribution is -0.137. The molecule has 1 aliphatic carbocycles. The molecule has 6 heteroatoms. The van der Waals surface area contributed by atoms with Gasteiger partial charge in [-0.3, -0.25) is 4.79 Å². The molecule has 0 saturated heterocycles. The number of unbranched alkanes of at least 4 members (excludes halogenated alkanes) is 3. The summed E-state index contributed by atoms with van der Waals surface area (Å²) in [7, 11) is -3.11. The first kappa shape index (κ1) is 15.4. The largest absolute Gasteiger partial charge is 0.481 e. The molecular formula is C12H23NO4S. The minimum Gasteiger partial charge on any atom is -0.481 e. The summed E-state index contributed by atoms with van der Waals surface area (Å²) in [5.74, 6) is -0.767. The number of carboxylic acid groups (broad SMARTS) is 1. The maximum absolute atomic E-state index is 11.8. The average molecular weight is 277 g/mol. The van der Waals surface area contributed by atoms with Gasteiger partial charge >= 0.3 is 5.97 Å². The monoisotopic (exact) mass is 277 g/mol. The second kappa shape index (κ2) is 7.74. The van der Waals surface area contributed by atoms with E-state index < -0.39 is 16.0 Å². The molecule has 0 aromatic rings. The van der Waals surface area contributed by atoms with Gasteiger partial charge in [0.2, 0.25) is 10.0 Å².